The van der Waals surface area contributed by atoms with Gasteiger partial charge < -0.3 is 14.9 Å². The number of aromatic nitrogens is 2. The Morgan fingerprint density at radius 2 is 2.10 bits per heavy atom. The fourth-order valence-corrected chi connectivity index (χ4v) is 3.05. The maximum absolute atomic E-state index is 10.9. The summed E-state index contributed by atoms with van der Waals surface area (Å²) in [6.07, 6.45) is 0.596. The number of hydrogen-bond acceptors (Lipinski definition) is 6. The SMILES string of the molecule is N#Cc1cc2c(N3CCN(C(=O)O)CC3)ncnc2s1. The molecule has 0 spiro atoms. The van der Waals surface area contributed by atoms with Gasteiger partial charge in [-0.05, 0) is 6.07 Å². The van der Waals surface area contributed by atoms with Gasteiger partial charge in [0.1, 0.15) is 27.9 Å². The van der Waals surface area contributed by atoms with E-state index >= 15 is 0 Å². The lowest BCUT2D eigenvalue weighted by atomic mass is 10.2. The summed E-state index contributed by atoms with van der Waals surface area (Å²) in [7, 11) is 0. The summed E-state index contributed by atoms with van der Waals surface area (Å²) >= 11 is 1.34. The van der Waals surface area contributed by atoms with Crippen LogP contribution in [0.4, 0.5) is 10.6 Å². The molecule has 0 radical (unpaired) electrons. The predicted octanol–water partition coefficient (Wildman–Crippen LogP) is 1.36. The van der Waals surface area contributed by atoms with E-state index in [9.17, 15) is 4.79 Å². The van der Waals surface area contributed by atoms with Crippen LogP contribution in [0.1, 0.15) is 4.88 Å². The minimum Gasteiger partial charge on any atom is -0.465 e. The van der Waals surface area contributed by atoms with E-state index in [-0.39, 0.29) is 0 Å². The van der Waals surface area contributed by atoms with Gasteiger partial charge in [-0.15, -0.1) is 11.3 Å². The van der Waals surface area contributed by atoms with Crippen molar-refractivity contribution in [1.82, 2.24) is 14.9 Å². The van der Waals surface area contributed by atoms with Gasteiger partial charge in [0.2, 0.25) is 0 Å². The molecule has 2 aromatic rings. The summed E-state index contributed by atoms with van der Waals surface area (Å²) < 4.78 is 0. The lowest BCUT2D eigenvalue weighted by Gasteiger charge is -2.33. The van der Waals surface area contributed by atoms with Crippen molar-refractivity contribution < 1.29 is 9.90 Å². The minimum absolute atomic E-state index is 0.454. The van der Waals surface area contributed by atoms with Crippen molar-refractivity contribution in [2.75, 3.05) is 31.1 Å². The summed E-state index contributed by atoms with van der Waals surface area (Å²) in [5.74, 6) is 0.776. The van der Waals surface area contributed by atoms with Crippen molar-refractivity contribution in [3.63, 3.8) is 0 Å². The molecule has 0 atom stereocenters. The van der Waals surface area contributed by atoms with Crippen LogP contribution in [-0.4, -0.2) is 52.2 Å². The van der Waals surface area contributed by atoms with Crippen LogP contribution >= 0.6 is 11.3 Å². The van der Waals surface area contributed by atoms with E-state index in [4.69, 9.17) is 10.4 Å². The number of amides is 1. The Kier molecular flexibility index (Phi) is 3.12. The third-order valence-corrected chi connectivity index (χ3v) is 4.22. The Hall–Kier alpha value is -2.40. The van der Waals surface area contributed by atoms with E-state index in [1.165, 1.54) is 22.6 Å². The van der Waals surface area contributed by atoms with Crippen LogP contribution in [-0.2, 0) is 0 Å². The normalized spacial score (nSPS) is 15.3. The van der Waals surface area contributed by atoms with Crippen molar-refractivity contribution in [3.05, 3.63) is 17.3 Å². The molecular formula is C12H11N5O2S. The molecule has 8 heteroatoms. The van der Waals surface area contributed by atoms with Crippen LogP contribution in [0.2, 0.25) is 0 Å². The highest BCUT2D eigenvalue weighted by atomic mass is 32.1. The molecule has 0 saturated carbocycles. The van der Waals surface area contributed by atoms with Gasteiger partial charge >= 0.3 is 6.09 Å². The molecule has 2 aromatic heterocycles. The Labute approximate surface area is 118 Å². The first-order valence-electron chi connectivity index (χ1n) is 6.06. The number of fused-ring (bicyclic) bond motifs is 1. The van der Waals surface area contributed by atoms with Crippen molar-refractivity contribution in [2.45, 2.75) is 0 Å². The smallest absolute Gasteiger partial charge is 0.407 e. The molecule has 1 aliphatic heterocycles. The number of piperazine rings is 1. The molecule has 0 unspecified atom stereocenters. The highest BCUT2D eigenvalue weighted by Crippen LogP contribution is 2.30. The standard InChI is InChI=1S/C12H11N5O2S/c13-6-8-5-9-10(14-7-15-11(9)20-8)16-1-3-17(4-2-16)12(18)19/h5,7H,1-4H2,(H,18,19). The molecule has 1 N–H and O–H groups in total. The second-order valence-electron chi connectivity index (χ2n) is 4.40. The van der Waals surface area contributed by atoms with Crippen molar-refractivity contribution in [3.8, 4) is 6.07 Å². The Bertz CT molecular complexity index is 699. The number of rotatable bonds is 1. The number of nitrogens with zero attached hydrogens (tertiary/aromatic N) is 5. The molecule has 1 saturated heterocycles. The quantitative estimate of drug-likeness (QED) is 0.852. The fourth-order valence-electron chi connectivity index (χ4n) is 2.26. The molecule has 102 valence electrons. The van der Waals surface area contributed by atoms with Crippen LogP contribution in [0.15, 0.2) is 12.4 Å². The van der Waals surface area contributed by atoms with E-state index in [1.54, 1.807) is 6.07 Å². The largest absolute Gasteiger partial charge is 0.465 e. The maximum Gasteiger partial charge on any atom is 0.407 e. The van der Waals surface area contributed by atoms with E-state index in [1.807, 2.05) is 4.90 Å². The number of thiophene rings is 1. The van der Waals surface area contributed by atoms with Crippen molar-refractivity contribution in [2.24, 2.45) is 0 Å². The molecule has 1 fully saturated rings. The zero-order valence-corrected chi connectivity index (χ0v) is 11.3. The average Bonchev–Trinajstić information content (AvgIpc) is 2.90. The van der Waals surface area contributed by atoms with E-state index in [2.05, 4.69) is 16.0 Å². The summed E-state index contributed by atoms with van der Waals surface area (Å²) in [6.45, 7) is 2.10. The third kappa shape index (κ3) is 2.12. The summed E-state index contributed by atoms with van der Waals surface area (Å²) in [6, 6.07) is 3.91. The monoisotopic (exact) mass is 289 g/mol. The molecule has 7 nitrogen and oxygen atoms in total. The summed E-state index contributed by atoms with van der Waals surface area (Å²) in [5, 5.41) is 18.8. The molecule has 3 rings (SSSR count). The summed E-state index contributed by atoms with van der Waals surface area (Å²) in [5.41, 5.74) is 0. The summed E-state index contributed by atoms with van der Waals surface area (Å²) in [4.78, 5) is 24.2. The van der Waals surface area contributed by atoms with Crippen LogP contribution in [0.5, 0.6) is 0 Å². The highest BCUT2D eigenvalue weighted by molar-refractivity contribution is 7.19. The number of anilines is 1. The lowest BCUT2D eigenvalue weighted by Crippen LogP contribution is -2.48. The lowest BCUT2D eigenvalue weighted by molar-refractivity contribution is 0.142. The van der Waals surface area contributed by atoms with Crippen molar-refractivity contribution >= 4 is 33.5 Å². The van der Waals surface area contributed by atoms with Gasteiger partial charge in [-0.1, -0.05) is 0 Å². The van der Waals surface area contributed by atoms with Crippen molar-refractivity contribution in [1.29, 1.82) is 5.26 Å². The fraction of sp³-hybridized carbons (Fsp3) is 0.333. The zero-order chi connectivity index (χ0) is 14.1. The Morgan fingerprint density at radius 3 is 2.75 bits per heavy atom. The molecule has 0 bridgehead atoms. The first-order chi connectivity index (χ1) is 9.69. The highest BCUT2D eigenvalue weighted by Gasteiger charge is 2.23. The molecule has 0 aliphatic carbocycles. The second-order valence-corrected chi connectivity index (χ2v) is 5.43. The van der Waals surface area contributed by atoms with Gasteiger partial charge in [0.05, 0.1) is 5.39 Å². The molecule has 0 aromatic carbocycles. The molecule has 1 aliphatic rings. The van der Waals surface area contributed by atoms with Gasteiger partial charge in [0, 0.05) is 26.2 Å². The molecular weight excluding hydrogens is 278 g/mol. The van der Waals surface area contributed by atoms with Crippen LogP contribution in [0.3, 0.4) is 0 Å². The van der Waals surface area contributed by atoms with Crippen LogP contribution in [0.25, 0.3) is 10.2 Å². The zero-order valence-electron chi connectivity index (χ0n) is 10.5. The third-order valence-electron chi connectivity index (χ3n) is 3.27. The van der Waals surface area contributed by atoms with Gasteiger partial charge in [0.25, 0.3) is 0 Å². The predicted molar refractivity (Wildman–Crippen MR) is 73.9 cm³/mol. The van der Waals surface area contributed by atoms with Crippen LogP contribution < -0.4 is 4.90 Å². The van der Waals surface area contributed by atoms with Gasteiger partial charge in [-0.2, -0.15) is 5.26 Å². The van der Waals surface area contributed by atoms with E-state index in [0.29, 0.717) is 31.1 Å². The Balaban J connectivity index is 1.90. The number of nitriles is 1. The minimum atomic E-state index is -0.889. The topological polar surface area (TPSA) is 93.4 Å². The number of carbonyl (C=O) groups is 1. The van der Waals surface area contributed by atoms with E-state index in [0.717, 1.165) is 16.0 Å². The average molecular weight is 289 g/mol. The first kappa shape index (κ1) is 12.6. The maximum atomic E-state index is 10.9. The molecule has 1 amide bonds. The first-order valence-corrected chi connectivity index (χ1v) is 6.88. The van der Waals surface area contributed by atoms with Gasteiger partial charge in [-0.25, -0.2) is 14.8 Å². The number of hydrogen-bond donors (Lipinski definition) is 1. The van der Waals surface area contributed by atoms with Crippen LogP contribution in [0, 0.1) is 11.3 Å². The Morgan fingerprint density at radius 1 is 1.35 bits per heavy atom. The second kappa shape index (κ2) is 4.94. The van der Waals surface area contributed by atoms with Gasteiger partial charge in [0.15, 0.2) is 0 Å². The molecule has 3 heterocycles. The number of carboxylic acid groups (broad SMARTS) is 1. The van der Waals surface area contributed by atoms with E-state index < -0.39 is 6.09 Å². The molecule has 20 heavy (non-hydrogen) atoms. The van der Waals surface area contributed by atoms with Gasteiger partial charge in [-0.3, -0.25) is 0 Å².